The van der Waals surface area contributed by atoms with Crippen LogP contribution in [0.5, 0.6) is 0 Å². The van der Waals surface area contributed by atoms with E-state index in [-0.39, 0.29) is 10.8 Å². The summed E-state index contributed by atoms with van der Waals surface area (Å²) in [5, 5.41) is 14.0. The molecule has 2 aliphatic carbocycles. The molecular formula is C60H60O6. The Kier molecular flexibility index (Phi) is 16.6. The summed E-state index contributed by atoms with van der Waals surface area (Å²) in [5.74, 6) is 0. The molecule has 2 N–H and O–H groups in total. The topological polar surface area (TPSA) is 84.0 Å². The van der Waals surface area contributed by atoms with Gasteiger partial charge in [-0.2, -0.15) is 0 Å². The SMILES string of the molecule is CO.CO.COCC1CO1.COCC1CO1.c1ccc(C2(c3ccccc3)c3ccccc3-c3ccccc32)cc1.c1ccc(C2(c3ccccc3)c3ccccc3-c3ccccc32)cc1. The molecule has 4 aliphatic rings. The van der Waals surface area contributed by atoms with Gasteiger partial charge in [-0.25, -0.2) is 0 Å². The number of hydrogen-bond donors (Lipinski definition) is 2. The molecule has 336 valence electrons. The molecule has 2 fully saturated rings. The highest BCUT2D eigenvalue weighted by molar-refractivity contribution is 5.87. The van der Waals surface area contributed by atoms with Crippen LogP contribution in [0.4, 0.5) is 0 Å². The van der Waals surface area contributed by atoms with Gasteiger partial charge in [-0.05, 0) is 66.8 Å². The van der Waals surface area contributed by atoms with Crippen LogP contribution < -0.4 is 0 Å². The summed E-state index contributed by atoms with van der Waals surface area (Å²) >= 11 is 0. The van der Waals surface area contributed by atoms with Crippen LogP contribution in [0.2, 0.25) is 0 Å². The van der Waals surface area contributed by atoms with Crippen LogP contribution >= 0.6 is 0 Å². The quantitative estimate of drug-likeness (QED) is 0.148. The molecule has 0 aromatic heterocycles. The zero-order valence-electron chi connectivity index (χ0n) is 38.3. The molecule has 0 amide bonds. The Bertz CT molecular complexity index is 2320. The van der Waals surface area contributed by atoms with Crippen LogP contribution in [0, 0.1) is 0 Å². The lowest BCUT2D eigenvalue weighted by Gasteiger charge is -2.33. The zero-order chi connectivity index (χ0) is 46.2. The molecule has 2 unspecified atom stereocenters. The Balaban J connectivity index is 0.000000148. The van der Waals surface area contributed by atoms with Crippen LogP contribution in [-0.2, 0) is 29.8 Å². The van der Waals surface area contributed by atoms with Crippen molar-refractivity contribution in [3.63, 3.8) is 0 Å². The lowest BCUT2D eigenvalue weighted by atomic mass is 9.68. The molecule has 2 aliphatic heterocycles. The highest BCUT2D eigenvalue weighted by Crippen LogP contribution is 2.57. The highest BCUT2D eigenvalue weighted by atomic mass is 16.6. The van der Waals surface area contributed by atoms with Crippen molar-refractivity contribution in [2.75, 3.05) is 54.9 Å². The molecule has 66 heavy (non-hydrogen) atoms. The van der Waals surface area contributed by atoms with Gasteiger partial charge in [0.25, 0.3) is 0 Å². The molecular weight excluding hydrogens is 817 g/mol. The van der Waals surface area contributed by atoms with E-state index in [1.165, 1.54) is 66.8 Å². The first-order chi connectivity index (χ1) is 32.7. The van der Waals surface area contributed by atoms with Crippen molar-refractivity contribution in [2.24, 2.45) is 0 Å². The second-order valence-electron chi connectivity index (χ2n) is 16.0. The lowest BCUT2D eigenvalue weighted by Crippen LogP contribution is -2.28. The van der Waals surface area contributed by atoms with E-state index in [9.17, 15) is 0 Å². The number of methoxy groups -OCH3 is 2. The van der Waals surface area contributed by atoms with E-state index in [0.29, 0.717) is 12.2 Å². The van der Waals surface area contributed by atoms with E-state index < -0.39 is 0 Å². The van der Waals surface area contributed by atoms with Crippen molar-refractivity contribution in [1.29, 1.82) is 0 Å². The van der Waals surface area contributed by atoms with Gasteiger partial charge in [-0.1, -0.05) is 218 Å². The number of hydrogen-bond acceptors (Lipinski definition) is 6. The third-order valence-electron chi connectivity index (χ3n) is 12.2. The fraction of sp³-hybridized carbons (Fsp3) is 0.200. The molecule has 0 saturated carbocycles. The van der Waals surface area contributed by atoms with Crippen molar-refractivity contribution in [2.45, 2.75) is 23.0 Å². The Morgan fingerprint density at radius 3 is 0.727 bits per heavy atom. The number of aliphatic hydroxyl groups excluding tert-OH is 2. The second kappa shape index (κ2) is 23.1. The summed E-state index contributed by atoms with van der Waals surface area (Å²) in [6, 6.07) is 78.9. The molecule has 0 radical (unpaired) electrons. The number of rotatable bonds is 8. The van der Waals surface area contributed by atoms with E-state index in [1.807, 2.05) is 0 Å². The van der Waals surface area contributed by atoms with Gasteiger partial charge in [-0.3, -0.25) is 0 Å². The first kappa shape index (κ1) is 47.5. The van der Waals surface area contributed by atoms with Crippen molar-refractivity contribution in [3.05, 3.63) is 263 Å². The summed E-state index contributed by atoms with van der Waals surface area (Å²) < 4.78 is 19.1. The average Bonchev–Trinajstić information content (AvgIpc) is 4.36. The summed E-state index contributed by atoms with van der Waals surface area (Å²) in [7, 11) is 5.36. The maximum atomic E-state index is 7.00. The number of aliphatic hydroxyl groups is 2. The van der Waals surface area contributed by atoms with Crippen molar-refractivity contribution < 1.29 is 29.2 Å². The van der Waals surface area contributed by atoms with Gasteiger partial charge in [0.1, 0.15) is 12.2 Å². The number of epoxide rings is 2. The van der Waals surface area contributed by atoms with Crippen molar-refractivity contribution in [1.82, 2.24) is 0 Å². The van der Waals surface area contributed by atoms with E-state index in [0.717, 1.165) is 40.6 Å². The van der Waals surface area contributed by atoms with Crippen LogP contribution in [0.1, 0.15) is 44.5 Å². The van der Waals surface area contributed by atoms with Crippen molar-refractivity contribution >= 4 is 0 Å². The monoisotopic (exact) mass is 876 g/mol. The summed E-state index contributed by atoms with van der Waals surface area (Å²) in [6.07, 6.45) is 0.852. The average molecular weight is 877 g/mol. The third-order valence-corrected chi connectivity index (χ3v) is 12.2. The maximum absolute atomic E-state index is 7.00. The van der Waals surface area contributed by atoms with Gasteiger partial charge >= 0.3 is 0 Å². The molecule has 8 aromatic carbocycles. The van der Waals surface area contributed by atoms with Crippen molar-refractivity contribution in [3.8, 4) is 22.3 Å². The smallest absolute Gasteiger partial charge is 0.104 e. The summed E-state index contributed by atoms with van der Waals surface area (Å²) in [4.78, 5) is 0. The minimum absolute atomic E-state index is 0.254. The van der Waals surface area contributed by atoms with E-state index in [2.05, 4.69) is 218 Å². The number of fused-ring (bicyclic) bond motifs is 6. The second-order valence-corrected chi connectivity index (χ2v) is 16.0. The number of ether oxygens (including phenoxy) is 4. The minimum atomic E-state index is -0.254. The molecule has 8 aromatic rings. The van der Waals surface area contributed by atoms with Crippen LogP contribution in [-0.4, -0.2) is 77.3 Å². The molecule has 2 heterocycles. The minimum Gasteiger partial charge on any atom is -0.400 e. The third kappa shape index (κ3) is 9.72. The van der Waals surface area contributed by atoms with Crippen LogP contribution in [0.25, 0.3) is 22.3 Å². The molecule has 12 rings (SSSR count). The predicted octanol–water partition coefficient (Wildman–Crippen LogP) is 11.4. The van der Waals surface area contributed by atoms with Gasteiger partial charge in [-0.15, -0.1) is 0 Å². The molecule has 0 bridgehead atoms. The molecule has 6 heteroatoms. The molecule has 2 saturated heterocycles. The molecule has 2 atom stereocenters. The largest absolute Gasteiger partial charge is 0.400 e. The van der Waals surface area contributed by atoms with Gasteiger partial charge in [0.15, 0.2) is 0 Å². The highest BCUT2D eigenvalue weighted by Gasteiger charge is 2.47. The predicted molar refractivity (Wildman–Crippen MR) is 267 cm³/mol. The fourth-order valence-electron chi connectivity index (χ4n) is 9.50. The Morgan fingerprint density at radius 1 is 0.348 bits per heavy atom. The Labute approximate surface area is 390 Å². The van der Waals surface area contributed by atoms with Gasteiger partial charge in [0.05, 0.1) is 37.3 Å². The molecule has 6 nitrogen and oxygen atoms in total. The Morgan fingerprint density at radius 2 is 0.545 bits per heavy atom. The summed E-state index contributed by atoms with van der Waals surface area (Å²) in [5.41, 5.74) is 15.6. The normalized spacial score (nSPS) is 16.3. The van der Waals surface area contributed by atoms with E-state index >= 15 is 0 Å². The lowest BCUT2D eigenvalue weighted by molar-refractivity contribution is 0.171. The Hall–Kier alpha value is -6.48. The molecule has 0 spiro atoms. The van der Waals surface area contributed by atoms with E-state index in [4.69, 9.17) is 29.2 Å². The maximum Gasteiger partial charge on any atom is 0.104 e. The zero-order valence-corrected chi connectivity index (χ0v) is 38.3. The number of benzene rings is 8. The van der Waals surface area contributed by atoms with Gasteiger partial charge in [0.2, 0.25) is 0 Å². The summed E-state index contributed by atoms with van der Waals surface area (Å²) in [6.45, 7) is 3.32. The van der Waals surface area contributed by atoms with E-state index in [1.54, 1.807) is 14.2 Å². The fourth-order valence-corrected chi connectivity index (χ4v) is 9.50. The van der Waals surface area contributed by atoms with Crippen LogP contribution in [0.15, 0.2) is 218 Å². The standard InChI is InChI=1S/2C25H18.2C4H8O2.2CH4O/c2*1-3-11-19(12-4-1)25(20-13-5-2-6-14-20)23-17-9-7-15-21(23)22-16-8-10-18-24(22)25;2*1-5-2-4-3-6-4;2*1-2/h2*1-18H;2*4H,2-3H2,1H3;2*2H,1H3. The van der Waals surface area contributed by atoms with Gasteiger partial charge in [0, 0.05) is 28.4 Å². The van der Waals surface area contributed by atoms with Gasteiger partial charge < -0.3 is 29.2 Å². The first-order valence-corrected chi connectivity index (χ1v) is 22.4. The first-order valence-electron chi connectivity index (χ1n) is 22.4. The van der Waals surface area contributed by atoms with Crippen LogP contribution in [0.3, 0.4) is 0 Å².